The molecule has 1 saturated heterocycles. The van der Waals surface area contributed by atoms with Gasteiger partial charge in [0.15, 0.2) is 11.6 Å². The van der Waals surface area contributed by atoms with Crippen LogP contribution in [-0.4, -0.2) is 80.6 Å². The standard InChI is InChI=1S/C27H33BFN5O6/c1-14(2)21-22(15(3)7-8-30-21)34-18-11-17(28(37)38)20(29)23-19(18)24(31-25(34)35)33-10-9-32(12-16(33)13-39-23)26(36)40-27(4,5)6/h7-8,11,14,16,37-38H,9-10,12-13H2,1-6H3/t16-/m1/s1. The second kappa shape index (κ2) is 10.0. The molecule has 1 atom stereocenters. The quantitative estimate of drug-likeness (QED) is 0.467. The van der Waals surface area contributed by atoms with Crippen LogP contribution in [0, 0.1) is 12.7 Å². The summed E-state index contributed by atoms with van der Waals surface area (Å²) >= 11 is 0. The molecule has 2 aliphatic heterocycles. The van der Waals surface area contributed by atoms with Gasteiger partial charge in [-0.15, -0.1) is 0 Å². The molecule has 11 nitrogen and oxygen atoms in total. The Morgan fingerprint density at radius 3 is 2.65 bits per heavy atom. The van der Waals surface area contributed by atoms with Gasteiger partial charge in [-0.3, -0.25) is 9.55 Å². The maximum Gasteiger partial charge on any atom is 0.491 e. The lowest BCUT2D eigenvalue weighted by atomic mass is 9.79. The number of nitrogens with zero attached hydrogens (tertiary/aromatic N) is 5. The first-order valence-corrected chi connectivity index (χ1v) is 13.3. The first-order chi connectivity index (χ1) is 18.8. The van der Waals surface area contributed by atoms with Crippen molar-refractivity contribution in [1.29, 1.82) is 0 Å². The van der Waals surface area contributed by atoms with E-state index in [1.807, 2.05) is 25.7 Å². The number of carbonyl (C=O) groups excluding carboxylic acids is 1. The summed E-state index contributed by atoms with van der Waals surface area (Å²) in [5.74, 6) is -1.03. The van der Waals surface area contributed by atoms with Crippen molar-refractivity contribution in [3.63, 3.8) is 0 Å². The van der Waals surface area contributed by atoms with Crippen LogP contribution in [0.4, 0.5) is 15.0 Å². The molecule has 2 aliphatic rings. The number of ether oxygens (including phenoxy) is 2. The SMILES string of the molecule is Cc1ccnc(C(C)C)c1-n1c(=O)nc2c3c(c(F)c(B(O)O)cc31)OC[C@H]1CN(C(=O)OC(C)(C)C)CCN21. The van der Waals surface area contributed by atoms with Gasteiger partial charge in [-0.25, -0.2) is 14.0 Å². The molecule has 0 aliphatic carbocycles. The van der Waals surface area contributed by atoms with Gasteiger partial charge >= 0.3 is 18.9 Å². The molecular weight excluding hydrogens is 520 g/mol. The Hall–Kier alpha value is -3.71. The molecule has 5 rings (SSSR count). The third kappa shape index (κ3) is 4.77. The number of pyridine rings is 1. The van der Waals surface area contributed by atoms with Gasteiger partial charge in [-0.2, -0.15) is 4.98 Å². The van der Waals surface area contributed by atoms with Gasteiger partial charge in [-0.05, 0) is 51.3 Å². The van der Waals surface area contributed by atoms with E-state index >= 15 is 4.39 Å². The van der Waals surface area contributed by atoms with Crippen LogP contribution in [0.2, 0.25) is 0 Å². The van der Waals surface area contributed by atoms with Crippen LogP contribution in [0.5, 0.6) is 5.75 Å². The van der Waals surface area contributed by atoms with Crippen molar-refractivity contribution in [3.05, 3.63) is 45.9 Å². The van der Waals surface area contributed by atoms with Gasteiger partial charge < -0.3 is 29.3 Å². The Morgan fingerprint density at radius 1 is 1.27 bits per heavy atom. The number of aromatic nitrogens is 3. The highest BCUT2D eigenvalue weighted by Crippen LogP contribution is 2.39. The minimum absolute atomic E-state index is 0.0377. The van der Waals surface area contributed by atoms with Gasteiger partial charge in [0, 0.05) is 31.3 Å². The highest BCUT2D eigenvalue weighted by atomic mass is 19.1. The fourth-order valence-corrected chi connectivity index (χ4v) is 5.31. The number of amides is 1. The first kappa shape index (κ1) is 27.8. The number of halogens is 1. The van der Waals surface area contributed by atoms with E-state index in [9.17, 15) is 19.6 Å². The minimum atomic E-state index is -2.16. The molecule has 1 fully saturated rings. The molecule has 2 N–H and O–H groups in total. The molecular formula is C27H33BFN5O6. The fraction of sp³-hybridized carbons (Fsp3) is 0.481. The summed E-state index contributed by atoms with van der Waals surface area (Å²) < 4.78 is 28.6. The van der Waals surface area contributed by atoms with Crippen LogP contribution >= 0.6 is 0 Å². The molecule has 0 saturated carbocycles. The summed E-state index contributed by atoms with van der Waals surface area (Å²) in [4.78, 5) is 38.9. The van der Waals surface area contributed by atoms with Crippen LogP contribution in [0.3, 0.4) is 0 Å². The zero-order valence-corrected chi connectivity index (χ0v) is 23.4. The molecule has 40 heavy (non-hydrogen) atoms. The van der Waals surface area contributed by atoms with Gasteiger partial charge in [0.05, 0.1) is 28.3 Å². The molecule has 4 heterocycles. The van der Waals surface area contributed by atoms with Gasteiger partial charge in [0.1, 0.15) is 18.0 Å². The molecule has 0 spiro atoms. The summed E-state index contributed by atoms with van der Waals surface area (Å²) in [6.45, 7) is 11.8. The third-order valence-corrected chi connectivity index (χ3v) is 7.12. The van der Waals surface area contributed by atoms with Crippen LogP contribution in [-0.2, 0) is 4.74 Å². The highest BCUT2D eigenvalue weighted by Gasteiger charge is 2.39. The second-order valence-electron chi connectivity index (χ2n) is 11.5. The average Bonchev–Trinajstić information content (AvgIpc) is 3.02. The smallest absolute Gasteiger partial charge is 0.487 e. The fourth-order valence-electron chi connectivity index (χ4n) is 5.31. The van der Waals surface area contributed by atoms with Crippen LogP contribution in [0.15, 0.2) is 23.1 Å². The third-order valence-electron chi connectivity index (χ3n) is 7.12. The van der Waals surface area contributed by atoms with E-state index in [4.69, 9.17) is 9.47 Å². The largest absolute Gasteiger partial charge is 0.491 e. The van der Waals surface area contributed by atoms with Crippen molar-refractivity contribution in [2.45, 2.75) is 59.1 Å². The van der Waals surface area contributed by atoms with E-state index < -0.39 is 41.8 Å². The Labute approximate surface area is 231 Å². The number of fused-ring (bicyclic) bond motifs is 2. The minimum Gasteiger partial charge on any atom is -0.487 e. The maximum absolute atomic E-state index is 15.8. The normalized spacial score (nSPS) is 17.0. The molecule has 1 aromatic carbocycles. The average molecular weight is 553 g/mol. The number of aryl methyl sites for hydroxylation is 1. The molecule has 0 unspecified atom stereocenters. The zero-order chi connectivity index (χ0) is 29.1. The number of rotatable bonds is 3. The molecule has 0 bridgehead atoms. The molecule has 0 radical (unpaired) electrons. The molecule has 2 aromatic heterocycles. The molecule has 212 valence electrons. The van der Waals surface area contributed by atoms with Crippen molar-refractivity contribution >= 4 is 35.4 Å². The number of piperazine rings is 1. The summed E-state index contributed by atoms with van der Waals surface area (Å²) in [5.41, 5.74) is 0.341. The van der Waals surface area contributed by atoms with Gasteiger partial charge in [0.2, 0.25) is 0 Å². The van der Waals surface area contributed by atoms with Gasteiger partial charge in [-0.1, -0.05) is 13.8 Å². The summed E-state index contributed by atoms with van der Waals surface area (Å²) in [6.07, 6.45) is 1.18. The zero-order valence-electron chi connectivity index (χ0n) is 23.4. The lowest BCUT2D eigenvalue weighted by Gasteiger charge is -2.41. The lowest BCUT2D eigenvalue weighted by Crippen LogP contribution is -2.57. The Morgan fingerprint density at radius 2 is 2.00 bits per heavy atom. The van der Waals surface area contributed by atoms with Crippen molar-refractivity contribution in [2.75, 3.05) is 31.1 Å². The Kier molecular flexibility index (Phi) is 6.99. The number of hydrogen-bond donors (Lipinski definition) is 2. The van der Waals surface area contributed by atoms with E-state index in [2.05, 4.69) is 9.97 Å². The number of anilines is 1. The van der Waals surface area contributed by atoms with E-state index in [1.54, 1.807) is 37.9 Å². The van der Waals surface area contributed by atoms with Gasteiger partial charge in [0.25, 0.3) is 0 Å². The number of benzene rings is 1. The Bertz CT molecular complexity index is 1550. The second-order valence-corrected chi connectivity index (χ2v) is 11.5. The van der Waals surface area contributed by atoms with Crippen molar-refractivity contribution < 1.29 is 28.7 Å². The van der Waals surface area contributed by atoms with Crippen LogP contribution < -0.4 is 20.8 Å². The molecule has 13 heteroatoms. The highest BCUT2D eigenvalue weighted by molar-refractivity contribution is 6.59. The summed E-state index contributed by atoms with van der Waals surface area (Å²) in [7, 11) is -2.16. The van der Waals surface area contributed by atoms with E-state index in [0.29, 0.717) is 24.5 Å². The van der Waals surface area contributed by atoms with Crippen molar-refractivity contribution in [3.8, 4) is 11.4 Å². The molecule has 3 aromatic rings. The van der Waals surface area contributed by atoms with E-state index in [0.717, 1.165) is 5.56 Å². The summed E-state index contributed by atoms with van der Waals surface area (Å²) in [5, 5.41) is 20.3. The predicted octanol–water partition coefficient (Wildman–Crippen LogP) is 1.85. The molecule has 1 amide bonds. The summed E-state index contributed by atoms with van der Waals surface area (Å²) in [6, 6.07) is 2.55. The topological polar surface area (TPSA) is 130 Å². The lowest BCUT2D eigenvalue weighted by molar-refractivity contribution is 0.0201. The predicted molar refractivity (Wildman–Crippen MR) is 148 cm³/mol. The van der Waals surface area contributed by atoms with E-state index in [-0.39, 0.29) is 41.5 Å². The number of hydrogen-bond acceptors (Lipinski definition) is 9. The van der Waals surface area contributed by atoms with Crippen LogP contribution in [0.25, 0.3) is 16.6 Å². The van der Waals surface area contributed by atoms with Crippen molar-refractivity contribution in [2.24, 2.45) is 0 Å². The number of carbonyl (C=O) groups is 1. The first-order valence-electron chi connectivity index (χ1n) is 13.3. The maximum atomic E-state index is 15.8. The Balaban J connectivity index is 1.73. The van der Waals surface area contributed by atoms with Crippen LogP contribution in [0.1, 0.15) is 51.8 Å². The van der Waals surface area contributed by atoms with E-state index in [1.165, 1.54) is 10.6 Å². The van der Waals surface area contributed by atoms with Crippen molar-refractivity contribution in [1.82, 2.24) is 19.4 Å². The monoisotopic (exact) mass is 553 g/mol.